The summed E-state index contributed by atoms with van der Waals surface area (Å²) in [4.78, 5) is 14.5. The van der Waals surface area contributed by atoms with Crippen LogP contribution in [-0.2, 0) is 9.53 Å². The van der Waals surface area contributed by atoms with Crippen LogP contribution in [0.2, 0.25) is 0 Å². The molecule has 1 rings (SSSR count). The first-order valence-electron chi connectivity index (χ1n) is 7.75. The number of aliphatic hydroxyl groups excluding tert-OH is 1. The highest BCUT2D eigenvalue weighted by atomic mass is 35.5. The number of esters is 1. The molecule has 1 N–H and O–H groups in total. The average Bonchev–Trinajstić information content (AvgIpc) is 2.52. The van der Waals surface area contributed by atoms with Crippen molar-refractivity contribution in [3.63, 3.8) is 0 Å². The van der Waals surface area contributed by atoms with E-state index in [0.717, 1.165) is 25.2 Å². The van der Waals surface area contributed by atoms with Crippen LogP contribution in [0.25, 0.3) is 0 Å². The molecule has 126 valence electrons. The topological polar surface area (TPSA) is 49.8 Å². The number of benzene rings is 1. The molecule has 0 heterocycles. The lowest BCUT2D eigenvalue weighted by molar-refractivity contribution is -0.148. The molecular formula is C17H28ClNO3. The van der Waals surface area contributed by atoms with Crippen LogP contribution in [0, 0.1) is 0 Å². The molecule has 5 heteroatoms. The number of ether oxygens (including phenoxy) is 1. The molecule has 1 aromatic rings. The van der Waals surface area contributed by atoms with E-state index in [0.29, 0.717) is 13.0 Å². The van der Waals surface area contributed by atoms with Gasteiger partial charge in [0.05, 0.1) is 6.10 Å². The quantitative estimate of drug-likeness (QED) is 0.708. The van der Waals surface area contributed by atoms with Gasteiger partial charge in [0.1, 0.15) is 12.5 Å². The number of likely N-dealkylation sites (N-methyl/N-ethyl adjacent to an activating group) is 1. The second-order valence-electron chi connectivity index (χ2n) is 5.06. The Bertz CT molecular complexity index is 410. The molecule has 0 aromatic heterocycles. The van der Waals surface area contributed by atoms with Crippen molar-refractivity contribution in [1.29, 1.82) is 0 Å². The van der Waals surface area contributed by atoms with Gasteiger partial charge in [-0.25, -0.2) is 0 Å². The van der Waals surface area contributed by atoms with E-state index in [2.05, 4.69) is 18.7 Å². The Morgan fingerprint density at radius 2 is 1.77 bits per heavy atom. The van der Waals surface area contributed by atoms with Crippen LogP contribution in [0.15, 0.2) is 30.3 Å². The Morgan fingerprint density at radius 1 is 1.18 bits per heavy atom. The minimum atomic E-state index is -0.714. The van der Waals surface area contributed by atoms with Gasteiger partial charge in [0.15, 0.2) is 0 Å². The second-order valence-corrected chi connectivity index (χ2v) is 5.06. The summed E-state index contributed by atoms with van der Waals surface area (Å²) in [5.74, 6) is -0.949. The van der Waals surface area contributed by atoms with Gasteiger partial charge in [-0.3, -0.25) is 4.79 Å². The Hall–Kier alpha value is -1.10. The summed E-state index contributed by atoms with van der Waals surface area (Å²) >= 11 is 0. The Balaban J connectivity index is 0.00000441. The fraction of sp³-hybridized carbons (Fsp3) is 0.588. The smallest absolute Gasteiger partial charge is 0.316 e. The van der Waals surface area contributed by atoms with Crippen molar-refractivity contribution < 1.29 is 14.6 Å². The summed E-state index contributed by atoms with van der Waals surface area (Å²) in [6.07, 6.45) is -0.196. The monoisotopic (exact) mass is 329 g/mol. The lowest BCUT2D eigenvalue weighted by atomic mass is 9.92. The van der Waals surface area contributed by atoms with E-state index in [1.54, 1.807) is 0 Å². The third-order valence-corrected chi connectivity index (χ3v) is 3.76. The van der Waals surface area contributed by atoms with Crippen molar-refractivity contribution >= 4 is 18.4 Å². The largest absolute Gasteiger partial charge is 0.464 e. The van der Waals surface area contributed by atoms with Crippen molar-refractivity contribution in [3.8, 4) is 0 Å². The van der Waals surface area contributed by atoms with E-state index in [-0.39, 0.29) is 18.4 Å². The van der Waals surface area contributed by atoms with E-state index in [1.807, 2.05) is 37.3 Å². The zero-order valence-electron chi connectivity index (χ0n) is 13.7. The number of carbonyl (C=O) groups is 1. The third-order valence-electron chi connectivity index (χ3n) is 3.76. The van der Waals surface area contributed by atoms with Crippen LogP contribution in [0.3, 0.4) is 0 Å². The molecule has 22 heavy (non-hydrogen) atoms. The number of halogens is 1. The highest BCUT2D eigenvalue weighted by Crippen LogP contribution is 2.23. The van der Waals surface area contributed by atoms with Gasteiger partial charge in [-0.15, -0.1) is 12.4 Å². The first-order valence-corrected chi connectivity index (χ1v) is 7.75. The number of hydrogen-bond acceptors (Lipinski definition) is 4. The van der Waals surface area contributed by atoms with Gasteiger partial charge in [0.2, 0.25) is 0 Å². The SMILES string of the molecule is CCC(O)C(C(=O)OCCN(CC)CC)c1ccccc1.Cl. The van der Waals surface area contributed by atoms with E-state index in [4.69, 9.17) is 4.74 Å². The zero-order valence-corrected chi connectivity index (χ0v) is 14.5. The number of aliphatic hydroxyl groups is 1. The summed E-state index contributed by atoms with van der Waals surface area (Å²) in [6, 6.07) is 9.34. The van der Waals surface area contributed by atoms with Crippen LogP contribution in [-0.4, -0.2) is 48.3 Å². The predicted molar refractivity (Wildman–Crippen MR) is 91.5 cm³/mol. The van der Waals surface area contributed by atoms with E-state index in [1.165, 1.54) is 0 Å². The predicted octanol–water partition coefficient (Wildman–Crippen LogP) is 2.85. The van der Waals surface area contributed by atoms with Gasteiger partial charge in [-0.05, 0) is 25.1 Å². The second kappa shape index (κ2) is 11.5. The van der Waals surface area contributed by atoms with Gasteiger partial charge in [-0.2, -0.15) is 0 Å². The van der Waals surface area contributed by atoms with Crippen molar-refractivity contribution in [1.82, 2.24) is 4.90 Å². The zero-order chi connectivity index (χ0) is 15.7. The molecule has 0 saturated carbocycles. The normalized spacial score (nSPS) is 13.3. The fourth-order valence-electron chi connectivity index (χ4n) is 2.32. The molecule has 0 aliphatic rings. The first-order chi connectivity index (χ1) is 10.1. The maximum atomic E-state index is 12.3. The highest BCUT2D eigenvalue weighted by Gasteiger charge is 2.28. The van der Waals surface area contributed by atoms with Crippen LogP contribution in [0.5, 0.6) is 0 Å². The van der Waals surface area contributed by atoms with Crippen molar-refractivity contribution in [2.75, 3.05) is 26.2 Å². The van der Waals surface area contributed by atoms with Gasteiger partial charge in [-0.1, -0.05) is 51.1 Å². The molecule has 2 atom stereocenters. The number of carbonyl (C=O) groups excluding carboxylic acids is 1. The Morgan fingerprint density at radius 3 is 2.27 bits per heavy atom. The van der Waals surface area contributed by atoms with Gasteiger partial charge >= 0.3 is 5.97 Å². The molecule has 0 aliphatic heterocycles. The average molecular weight is 330 g/mol. The lowest BCUT2D eigenvalue weighted by Gasteiger charge is -2.22. The van der Waals surface area contributed by atoms with Gasteiger partial charge in [0, 0.05) is 6.54 Å². The summed E-state index contributed by atoms with van der Waals surface area (Å²) in [5, 5.41) is 10.1. The molecule has 1 aromatic carbocycles. The Labute approximate surface area is 139 Å². The standard InChI is InChI=1S/C17H27NO3.ClH/c1-4-15(19)16(14-10-8-7-9-11-14)17(20)21-13-12-18(5-2)6-3;/h7-11,15-16,19H,4-6,12-13H2,1-3H3;1H. The molecule has 0 bridgehead atoms. The highest BCUT2D eigenvalue weighted by molar-refractivity contribution is 5.85. The fourth-order valence-corrected chi connectivity index (χ4v) is 2.32. The first kappa shape index (κ1) is 20.9. The van der Waals surface area contributed by atoms with Gasteiger partial charge in [0.25, 0.3) is 0 Å². The van der Waals surface area contributed by atoms with E-state index >= 15 is 0 Å². The number of rotatable bonds is 9. The third kappa shape index (κ3) is 6.34. The van der Waals surface area contributed by atoms with Gasteiger partial charge < -0.3 is 14.7 Å². The van der Waals surface area contributed by atoms with Crippen LogP contribution in [0.1, 0.15) is 38.7 Å². The molecule has 0 aliphatic carbocycles. The van der Waals surface area contributed by atoms with Crippen molar-refractivity contribution in [2.24, 2.45) is 0 Å². The molecule has 0 saturated heterocycles. The molecule has 0 spiro atoms. The molecule has 0 radical (unpaired) electrons. The van der Waals surface area contributed by atoms with Crippen molar-refractivity contribution in [3.05, 3.63) is 35.9 Å². The summed E-state index contributed by atoms with van der Waals surface area (Å²) < 4.78 is 5.38. The molecule has 0 amide bonds. The summed E-state index contributed by atoms with van der Waals surface area (Å²) in [7, 11) is 0. The van der Waals surface area contributed by atoms with E-state index in [9.17, 15) is 9.90 Å². The number of hydrogen-bond donors (Lipinski definition) is 1. The summed E-state index contributed by atoms with van der Waals surface area (Å²) in [6.45, 7) is 8.99. The van der Waals surface area contributed by atoms with Crippen LogP contribution < -0.4 is 0 Å². The minimum absolute atomic E-state index is 0. The van der Waals surface area contributed by atoms with Crippen LogP contribution in [0.4, 0.5) is 0 Å². The molecule has 2 unspecified atom stereocenters. The Kier molecular flexibility index (Phi) is 10.9. The molecule has 4 nitrogen and oxygen atoms in total. The summed E-state index contributed by atoms with van der Waals surface area (Å²) in [5.41, 5.74) is 0.805. The minimum Gasteiger partial charge on any atom is -0.464 e. The maximum absolute atomic E-state index is 12.3. The lowest BCUT2D eigenvalue weighted by Crippen LogP contribution is -2.31. The molecule has 0 fully saturated rings. The van der Waals surface area contributed by atoms with Crippen LogP contribution >= 0.6 is 12.4 Å². The number of nitrogens with zero attached hydrogens (tertiary/aromatic N) is 1. The van der Waals surface area contributed by atoms with Crippen molar-refractivity contribution in [2.45, 2.75) is 39.2 Å². The van der Waals surface area contributed by atoms with E-state index < -0.39 is 12.0 Å². The molecular weight excluding hydrogens is 302 g/mol. The maximum Gasteiger partial charge on any atom is 0.316 e.